The third kappa shape index (κ3) is 6.72. The van der Waals surface area contributed by atoms with Crippen molar-refractivity contribution in [2.24, 2.45) is 0 Å². The number of aromatic hydroxyl groups is 1. The topological polar surface area (TPSA) is 126 Å². The number of hydrogen-bond donors (Lipinski definition) is 4. The lowest BCUT2D eigenvalue weighted by molar-refractivity contribution is 0.101. The molecule has 5 aromatic rings. The number of rotatable bonds is 8. The van der Waals surface area contributed by atoms with E-state index in [2.05, 4.69) is 54.6 Å². The largest absolute Gasteiger partial charge is 0.507 e. The second-order valence-electron chi connectivity index (χ2n) is 10.8. The highest BCUT2D eigenvalue weighted by molar-refractivity contribution is 6.06. The van der Waals surface area contributed by atoms with Crippen LogP contribution in [0.5, 0.6) is 5.75 Å². The van der Waals surface area contributed by atoms with Gasteiger partial charge in [0.1, 0.15) is 11.6 Å². The molecule has 3 heterocycles. The smallest absolute Gasteiger partial charge is 0.257 e. The Kier molecular flexibility index (Phi) is 8.12. The Balaban J connectivity index is 1.11. The predicted molar refractivity (Wildman–Crippen MR) is 167 cm³/mol. The fourth-order valence-electron chi connectivity index (χ4n) is 5.10. The minimum absolute atomic E-state index is 0.00313. The lowest BCUT2D eigenvalue weighted by Gasteiger charge is -2.32. The van der Waals surface area contributed by atoms with E-state index in [9.17, 15) is 14.7 Å². The Morgan fingerprint density at radius 3 is 2.40 bits per heavy atom. The Morgan fingerprint density at radius 1 is 0.884 bits per heavy atom. The third-order valence-electron chi connectivity index (χ3n) is 7.70. The quantitative estimate of drug-likeness (QED) is 0.199. The molecule has 10 heteroatoms. The van der Waals surface area contributed by atoms with Crippen molar-refractivity contribution in [3.63, 3.8) is 0 Å². The summed E-state index contributed by atoms with van der Waals surface area (Å²) < 4.78 is 0. The number of nitrogens with one attached hydrogen (secondary N) is 3. The molecule has 0 aliphatic carbocycles. The van der Waals surface area contributed by atoms with Gasteiger partial charge in [-0.05, 0) is 79.7 Å². The fraction of sp³-hybridized carbons (Fsp3) is 0.212. The summed E-state index contributed by atoms with van der Waals surface area (Å²) in [5.74, 6) is -0.130. The van der Waals surface area contributed by atoms with Crippen LogP contribution in [-0.4, -0.2) is 81.4 Å². The van der Waals surface area contributed by atoms with Gasteiger partial charge in [0.25, 0.3) is 11.8 Å². The number of fused-ring (bicyclic) bond motifs is 1. The molecule has 218 valence electrons. The van der Waals surface area contributed by atoms with Crippen LogP contribution in [0.2, 0.25) is 0 Å². The maximum atomic E-state index is 13.1. The Labute approximate surface area is 249 Å². The number of amides is 2. The van der Waals surface area contributed by atoms with Gasteiger partial charge in [0.15, 0.2) is 0 Å². The molecule has 0 atom stereocenters. The van der Waals surface area contributed by atoms with Gasteiger partial charge in [-0.25, -0.2) is 4.98 Å². The molecule has 1 fully saturated rings. The van der Waals surface area contributed by atoms with E-state index in [1.165, 1.54) is 17.8 Å². The number of H-pyrrole nitrogens is 1. The number of anilines is 2. The van der Waals surface area contributed by atoms with Crippen molar-refractivity contribution in [1.82, 2.24) is 24.8 Å². The molecule has 1 aliphatic heterocycles. The minimum Gasteiger partial charge on any atom is -0.507 e. The Morgan fingerprint density at radius 2 is 1.63 bits per heavy atom. The highest BCUT2D eigenvalue weighted by atomic mass is 16.3. The maximum absolute atomic E-state index is 13.1. The van der Waals surface area contributed by atoms with E-state index in [1.54, 1.807) is 48.7 Å². The zero-order valence-corrected chi connectivity index (χ0v) is 23.9. The first-order valence-corrected chi connectivity index (χ1v) is 14.3. The normalized spacial score (nSPS) is 14.1. The molecule has 1 aliphatic rings. The number of nitrogens with zero attached hydrogens (tertiary/aromatic N) is 4. The number of aromatic nitrogens is 3. The number of carbonyl (C=O) groups is 2. The maximum Gasteiger partial charge on any atom is 0.257 e. The zero-order chi connectivity index (χ0) is 29.8. The average Bonchev–Trinajstić information content (AvgIpc) is 3.46. The van der Waals surface area contributed by atoms with Crippen molar-refractivity contribution in [2.45, 2.75) is 6.42 Å². The summed E-state index contributed by atoms with van der Waals surface area (Å²) in [5.41, 5.74) is 5.06. The zero-order valence-electron chi connectivity index (χ0n) is 23.9. The van der Waals surface area contributed by atoms with Crippen LogP contribution in [0, 0.1) is 0 Å². The number of pyridine rings is 1. The molecule has 2 amide bonds. The molecule has 0 saturated carbocycles. The highest BCUT2D eigenvalue weighted by Gasteiger charge is 2.16. The third-order valence-corrected chi connectivity index (χ3v) is 7.70. The van der Waals surface area contributed by atoms with Gasteiger partial charge in [0.05, 0.1) is 22.2 Å². The van der Waals surface area contributed by atoms with E-state index >= 15 is 0 Å². The van der Waals surface area contributed by atoms with Crippen LogP contribution in [0.25, 0.3) is 22.4 Å². The molecular formula is C33H33N7O3. The van der Waals surface area contributed by atoms with Gasteiger partial charge in [0.2, 0.25) is 0 Å². The van der Waals surface area contributed by atoms with E-state index < -0.39 is 0 Å². The molecule has 0 unspecified atom stereocenters. The van der Waals surface area contributed by atoms with Crippen molar-refractivity contribution in [1.29, 1.82) is 0 Å². The molecule has 2 aromatic heterocycles. The lowest BCUT2D eigenvalue weighted by atomic mass is 10.1. The monoisotopic (exact) mass is 575 g/mol. The van der Waals surface area contributed by atoms with Crippen molar-refractivity contribution in [3.8, 4) is 17.1 Å². The first-order valence-electron chi connectivity index (χ1n) is 14.3. The van der Waals surface area contributed by atoms with Gasteiger partial charge in [-0.2, -0.15) is 0 Å². The summed E-state index contributed by atoms with van der Waals surface area (Å²) in [4.78, 5) is 42.2. The van der Waals surface area contributed by atoms with Gasteiger partial charge in [0, 0.05) is 62.1 Å². The summed E-state index contributed by atoms with van der Waals surface area (Å²) in [7, 11) is 2.16. The standard InChI is InChI=1S/C33H33N7O3/c1-39-15-17-40(18-16-39)14-12-22-4-7-25(8-5-22)35-32(42)23-6-10-28-29(19-23)38-31(37-28)27-20-26(9-11-30(27)41)36-33(43)24-3-2-13-34-21-24/h2-11,13,19-21,41H,12,14-18H2,1H3,(H,35,42)(H,36,43)(H,37,38). The summed E-state index contributed by atoms with van der Waals surface area (Å²) >= 11 is 0. The first-order chi connectivity index (χ1) is 20.9. The molecule has 0 bridgehead atoms. The SMILES string of the molecule is CN1CCN(CCc2ccc(NC(=O)c3ccc4nc(-c5cc(NC(=O)c6cccnc6)ccc5O)[nH]c4c3)cc2)CC1. The van der Waals surface area contributed by atoms with Gasteiger partial charge >= 0.3 is 0 Å². The molecular weight excluding hydrogens is 542 g/mol. The predicted octanol–water partition coefficient (Wildman–Crippen LogP) is 4.63. The molecule has 0 radical (unpaired) electrons. The summed E-state index contributed by atoms with van der Waals surface area (Å²) in [6, 6.07) is 21.3. The number of aromatic amines is 1. The van der Waals surface area contributed by atoms with Crippen LogP contribution in [0.15, 0.2) is 85.2 Å². The molecule has 0 spiro atoms. The van der Waals surface area contributed by atoms with E-state index in [0.29, 0.717) is 39.2 Å². The second kappa shape index (κ2) is 12.4. The first kappa shape index (κ1) is 28.1. The van der Waals surface area contributed by atoms with E-state index in [4.69, 9.17) is 0 Å². The molecule has 1 saturated heterocycles. The van der Waals surface area contributed by atoms with E-state index in [0.717, 1.165) is 44.8 Å². The number of piperazine rings is 1. The number of phenols is 1. The highest BCUT2D eigenvalue weighted by Crippen LogP contribution is 2.32. The van der Waals surface area contributed by atoms with Crippen LogP contribution in [-0.2, 0) is 6.42 Å². The Bertz CT molecular complexity index is 1740. The summed E-state index contributed by atoms with van der Waals surface area (Å²) in [6.07, 6.45) is 4.06. The molecule has 10 nitrogen and oxygen atoms in total. The number of hydrogen-bond acceptors (Lipinski definition) is 7. The van der Waals surface area contributed by atoms with Crippen LogP contribution in [0.1, 0.15) is 26.3 Å². The lowest BCUT2D eigenvalue weighted by Crippen LogP contribution is -2.45. The van der Waals surface area contributed by atoms with Crippen LogP contribution in [0.3, 0.4) is 0 Å². The fourth-order valence-corrected chi connectivity index (χ4v) is 5.10. The molecule has 3 aromatic carbocycles. The summed E-state index contributed by atoms with van der Waals surface area (Å²) in [5, 5.41) is 16.3. The van der Waals surface area contributed by atoms with Crippen molar-refractivity contribution >= 4 is 34.2 Å². The number of imidazole rings is 1. The van der Waals surface area contributed by atoms with E-state index in [-0.39, 0.29) is 17.6 Å². The van der Waals surface area contributed by atoms with Gasteiger partial charge in [-0.1, -0.05) is 12.1 Å². The summed E-state index contributed by atoms with van der Waals surface area (Å²) in [6.45, 7) is 5.46. The van der Waals surface area contributed by atoms with Crippen LogP contribution < -0.4 is 10.6 Å². The molecule has 6 rings (SSSR count). The number of phenolic OH excluding ortho intramolecular Hbond substituents is 1. The van der Waals surface area contributed by atoms with Crippen molar-refractivity contribution < 1.29 is 14.7 Å². The Hall–Kier alpha value is -5.06. The molecule has 4 N–H and O–H groups in total. The van der Waals surface area contributed by atoms with Crippen LogP contribution in [0.4, 0.5) is 11.4 Å². The number of benzene rings is 3. The molecule has 43 heavy (non-hydrogen) atoms. The van der Waals surface area contributed by atoms with Gasteiger partial charge < -0.3 is 30.5 Å². The number of likely N-dealkylation sites (N-methyl/N-ethyl adjacent to an activating group) is 1. The van der Waals surface area contributed by atoms with E-state index in [1.807, 2.05) is 12.1 Å². The number of carbonyl (C=O) groups excluding carboxylic acids is 2. The van der Waals surface area contributed by atoms with Gasteiger partial charge in [-0.3, -0.25) is 14.6 Å². The van der Waals surface area contributed by atoms with Gasteiger partial charge in [-0.15, -0.1) is 0 Å². The van der Waals surface area contributed by atoms with Crippen LogP contribution >= 0.6 is 0 Å². The average molecular weight is 576 g/mol. The van der Waals surface area contributed by atoms with Crippen molar-refractivity contribution in [2.75, 3.05) is 50.4 Å². The van der Waals surface area contributed by atoms with Crippen molar-refractivity contribution in [3.05, 3.63) is 102 Å². The second-order valence-corrected chi connectivity index (χ2v) is 10.8. The minimum atomic E-state index is -0.315.